The maximum absolute atomic E-state index is 3.95. The van der Waals surface area contributed by atoms with E-state index in [0.29, 0.717) is 0 Å². The SMILES string of the molecule is CCCC[Si](C)(c1c(C)cc(C)cc1C)C1(C)[C-]=C(C)C(C)=C1C.[Cl-].[Cl-].[Cl-].[Ti+4]. The van der Waals surface area contributed by atoms with Crippen molar-refractivity contribution in [1.29, 1.82) is 0 Å². The molecule has 0 aliphatic heterocycles. The average Bonchev–Trinajstić information content (AvgIpc) is 2.68. The zero-order chi connectivity index (χ0) is 18.3. The van der Waals surface area contributed by atoms with Crippen LogP contribution in [0.15, 0.2) is 28.9 Å². The van der Waals surface area contributed by atoms with Crippen molar-refractivity contribution in [2.24, 2.45) is 0 Å². The summed E-state index contributed by atoms with van der Waals surface area (Å²) in [6.45, 7) is 21.2. The van der Waals surface area contributed by atoms with E-state index >= 15 is 0 Å². The van der Waals surface area contributed by atoms with E-state index in [1.807, 2.05) is 0 Å². The van der Waals surface area contributed by atoms with E-state index in [2.05, 4.69) is 80.1 Å². The van der Waals surface area contributed by atoms with Gasteiger partial charge >= 0.3 is 21.7 Å². The summed E-state index contributed by atoms with van der Waals surface area (Å²) < 4.78 is 0. The minimum Gasteiger partial charge on any atom is -1.00 e. The predicted molar refractivity (Wildman–Crippen MR) is 111 cm³/mol. The average molecular weight is 494 g/mol. The van der Waals surface area contributed by atoms with Crippen molar-refractivity contribution in [3.8, 4) is 0 Å². The second-order valence-corrected chi connectivity index (χ2v) is 13.0. The molecular formula is C23H35Cl3SiTi. The van der Waals surface area contributed by atoms with E-state index in [1.54, 1.807) is 10.8 Å². The fraction of sp³-hybridized carbons (Fsp3) is 0.565. The molecule has 0 aromatic heterocycles. The normalized spacial score (nSPS) is 20.1. The second-order valence-electron chi connectivity index (χ2n) is 8.33. The molecule has 28 heavy (non-hydrogen) atoms. The number of allylic oxidation sites excluding steroid dienone is 4. The van der Waals surface area contributed by atoms with Crippen molar-refractivity contribution in [3.63, 3.8) is 0 Å². The molecule has 1 aliphatic rings. The Morgan fingerprint density at radius 1 is 0.929 bits per heavy atom. The van der Waals surface area contributed by atoms with Crippen LogP contribution in [0.1, 0.15) is 64.2 Å². The summed E-state index contributed by atoms with van der Waals surface area (Å²) in [4.78, 5) is 0. The molecule has 156 valence electrons. The molecule has 0 bridgehead atoms. The zero-order valence-corrected chi connectivity index (χ0v) is 23.7. The number of halogens is 3. The summed E-state index contributed by atoms with van der Waals surface area (Å²) in [6.07, 6.45) is 6.54. The second kappa shape index (κ2) is 12.4. The Morgan fingerprint density at radius 2 is 1.39 bits per heavy atom. The van der Waals surface area contributed by atoms with Crippen LogP contribution in [0.2, 0.25) is 17.6 Å². The molecule has 2 unspecified atom stereocenters. The van der Waals surface area contributed by atoms with Gasteiger partial charge in [-0.05, 0) is 20.8 Å². The van der Waals surface area contributed by atoms with E-state index in [1.165, 1.54) is 46.7 Å². The van der Waals surface area contributed by atoms with Crippen LogP contribution in [0, 0.1) is 26.8 Å². The Morgan fingerprint density at radius 3 is 1.75 bits per heavy atom. The van der Waals surface area contributed by atoms with E-state index < -0.39 is 8.07 Å². The van der Waals surface area contributed by atoms with Gasteiger partial charge in [0.25, 0.3) is 0 Å². The van der Waals surface area contributed by atoms with Crippen LogP contribution < -0.4 is 42.4 Å². The molecule has 1 aromatic rings. The maximum Gasteiger partial charge on any atom is 4.00 e. The zero-order valence-electron chi connectivity index (χ0n) is 18.9. The number of aryl methyl sites for hydroxylation is 3. The third kappa shape index (κ3) is 5.59. The third-order valence-electron chi connectivity index (χ3n) is 6.68. The Labute approximate surface area is 208 Å². The molecule has 0 radical (unpaired) electrons. The number of benzene rings is 1. The molecule has 0 spiro atoms. The predicted octanol–water partition coefficient (Wildman–Crippen LogP) is -2.43. The smallest absolute Gasteiger partial charge is 1.00 e. The standard InChI is InChI=1S/C23H35Si.3ClH.Ti/c1-10-11-12-24(9,22-17(3)13-16(2)14-18(22)4)23(8)15-19(5)20(6)21(23)7;;;;/h13-14H,10-12H2,1-9H3;3*1H;/q-1;;;;+4/p-3. The summed E-state index contributed by atoms with van der Waals surface area (Å²) in [7, 11) is -1.79. The number of rotatable bonds is 5. The van der Waals surface area contributed by atoms with Crippen molar-refractivity contribution in [2.45, 2.75) is 85.9 Å². The van der Waals surface area contributed by atoms with Gasteiger partial charge in [0.05, 0.1) is 8.07 Å². The van der Waals surface area contributed by atoms with E-state index in [4.69, 9.17) is 0 Å². The Kier molecular flexibility index (Phi) is 14.7. The first kappa shape index (κ1) is 33.1. The molecule has 0 N–H and O–H groups in total. The van der Waals surface area contributed by atoms with Gasteiger partial charge in [-0.3, -0.25) is 6.08 Å². The van der Waals surface area contributed by atoms with Crippen molar-refractivity contribution in [1.82, 2.24) is 0 Å². The van der Waals surface area contributed by atoms with Crippen LogP contribution in [-0.4, -0.2) is 8.07 Å². The number of hydrogen-bond acceptors (Lipinski definition) is 0. The van der Waals surface area contributed by atoms with Gasteiger partial charge < -0.3 is 37.2 Å². The van der Waals surface area contributed by atoms with Gasteiger partial charge in [-0.2, -0.15) is 11.1 Å². The summed E-state index contributed by atoms with van der Waals surface area (Å²) in [5, 5.41) is 1.79. The van der Waals surface area contributed by atoms with Crippen molar-refractivity contribution in [2.75, 3.05) is 0 Å². The first-order chi connectivity index (χ1) is 11.1. The van der Waals surface area contributed by atoms with Gasteiger partial charge in [-0.1, -0.05) is 92.2 Å². The molecule has 1 aromatic carbocycles. The van der Waals surface area contributed by atoms with Gasteiger partial charge in [0.2, 0.25) is 0 Å². The van der Waals surface area contributed by atoms with E-state index in [-0.39, 0.29) is 64.0 Å². The van der Waals surface area contributed by atoms with Gasteiger partial charge in [0.15, 0.2) is 0 Å². The third-order valence-corrected chi connectivity index (χ3v) is 12.6. The minimum atomic E-state index is -1.79. The number of unbranched alkanes of at least 4 members (excludes halogenated alkanes) is 1. The monoisotopic (exact) mass is 492 g/mol. The fourth-order valence-electron chi connectivity index (χ4n) is 4.98. The Balaban J connectivity index is -0.00000156. The quantitative estimate of drug-likeness (QED) is 0.316. The van der Waals surface area contributed by atoms with Gasteiger partial charge in [-0.15, -0.1) is 6.92 Å². The van der Waals surface area contributed by atoms with Gasteiger partial charge in [0, 0.05) is 0 Å². The van der Waals surface area contributed by atoms with Gasteiger partial charge in [-0.25, -0.2) is 5.57 Å². The molecule has 0 nitrogen and oxygen atoms in total. The molecule has 0 saturated carbocycles. The van der Waals surface area contributed by atoms with E-state index in [0.717, 1.165) is 0 Å². The van der Waals surface area contributed by atoms with Crippen LogP contribution in [0.25, 0.3) is 0 Å². The fourth-order valence-corrected chi connectivity index (χ4v) is 10.7. The molecule has 2 rings (SSSR count). The van der Waals surface area contributed by atoms with Crippen LogP contribution >= 0.6 is 0 Å². The largest absolute Gasteiger partial charge is 4.00 e. The summed E-state index contributed by atoms with van der Waals surface area (Å²) in [6, 6.07) is 6.12. The first-order valence-corrected chi connectivity index (χ1v) is 12.2. The Hall–Kier alpha value is 0.501. The van der Waals surface area contributed by atoms with E-state index in [9.17, 15) is 0 Å². The molecule has 2 atom stereocenters. The van der Waals surface area contributed by atoms with Gasteiger partial charge in [0.1, 0.15) is 0 Å². The minimum absolute atomic E-state index is 0. The first-order valence-electron chi connectivity index (χ1n) is 9.47. The molecule has 0 heterocycles. The van der Waals surface area contributed by atoms with Crippen molar-refractivity contribution < 1.29 is 58.9 Å². The van der Waals surface area contributed by atoms with Crippen LogP contribution in [-0.2, 0) is 21.7 Å². The van der Waals surface area contributed by atoms with Crippen LogP contribution in [0.4, 0.5) is 0 Å². The van der Waals surface area contributed by atoms with Crippen molar-refractivity contribution >= 4 is 13.3 Å². The Bertz CT molecular complexity index is 704. The molecule has 5 heteroatoms. The number of hydrogen-bond donors (Lipinski definition) is 0. The molecule has 0 amide bonds. The maximum atomic E-state index is 3.95. The summed E-state index contributed by atoms with van der Waals surface area (Å²) in [5.41, 5.74) is 8.77. The molecule has 0 fully saturated rings. The molecule has 0 saturated heterocycles. The summed E-state index contributed by atoms with van der Waals surface area (Å²) in [5.74, 6) is 0. The van der Waals surface area contributed by atoms with Crippen LogP contribution in [0.3, 0.4) is 0 Å². The molecular weight excluding hydrogens is 459 g/mol. The van der Waals surface area contributed by atoms with Crippen LogP contribution in [0.5, 0.6) is 0 Å². The van der Waals surface area contributed by atoms with Crippen molar-refractivity contribution in [3.05, 3.63) is 51.6 Å². The summed E-state index contributed by atoms with van der Waals surface area (Å²) >= 11 is 0. The topological polar surface area (TPSA) is 0 Å². The molecule has 1 aliphatic carbocycles.